The molecule has 3 rings (SSSR count). The molecule has 0 fully saturated rings. The van der Waals surface area contributed by atoms with Crippen LogP contribution in [0.15, 0.2) is 17.5 Å². The van der Waals surface area contributed by atoms with Crippen LogP contribution in [-0.2, 0) is 36.0 Å². The van der Waals surface area contributed by atoms with E-state index in [-0.39, 0.29) is 5.91 Å². The number of nitrogens with zero attached hydrogens (tertiary/aromatic N) is 3. The Balaban J connectivity index is 1.78. The number of rotatable bonds is 3. The highest BCUT2D eigenvalue weighted by Crippen LogP contribution is 2.23. The van der Waals surface area contributed by atoms with E-state index >= 15 is 0 Å². The number of hydrogen-bond acceptors (Lipinski definition) is 5. The average molecular weight is 319 g/mol. The molecule has 0 aliphatic carbocycles. The summed E-state index contributed by atoms with van der Waals surface area (Å²) in [6.45, 7) is 1.09. The Bertz CT molecular complexity index is 706. The molecule has 0 bridgehead atoms. The van der Waals surface area contributed by atoms with Crippen molar-refractivity contribution in [3.05, 3.63) is 39.3 Å². The molecule has 2 aromatic heterocycles. The van der Waals surface area contributed by atoms with E-state index < -0.39 is 5.97 Å². The number of carbonyl (C=O) groups excluding carboxylic acids is 2. The van der Waals surface area contributed by atoms with Crippen molar-refractivity contribution in [2.75, 3.05) is 13.7 Å². The third kappa shape index (κ3) is 2.64. The quantitative estimate of drug-likeness (QED) is 0.802. The molecule has 1 aliphatic rings. The molecule has 116 valence electrons. The second-order valence-corrected chi connectivity index (χ2v) is 6.24. The first-order valence-corrected chi connectivity index (χ1v) is 7.91. The number of carbonyl (C=O) groups is 2. The predicted molar refractivity (Wildman–Crippen MR) is 81.7 cm³/mol. The van der Waals surface area contributed by atoms with Gasteiger partial charge < -0.3 is 9.64 Å². The molecule has 7 heteroatoms. The number of hydrogen-bond donors (Lipinski definition) is 0. The summed E-state index contributed by atoms with van der Waals surface area (Å²) in [4.78, 5) is 27.0. The minimum atomic E-state index is -0.421. The van der Waals surface area contributed by atoms with Gasteiger partial charge in [-0.3, -0.25) is 9.48 Å². The minimum absolute atomic E-state index is 0.105. The fourth-order valence-corrected chi connectivity index (χ4v) is 3.41. The zero-order valence-electron chi connectivity index (χ0n) is 12.5. The van der Waals surface area contributed by atoms with Gasteiger partial charge in [0.1, 0.15) is 0 Å². The van der Waals surface area contributed by atoms with Gasteiger partial charge in [0.2, 0.25) is 5.91 Å². The van der Waals surface area contributed by atoms with Gasteiger partial charge in [-0.2, -0.15) is 5.10 Å². The van der Waals surface area contributed by atoms with Crippen LogP contribution in [0.5, 0.6) is 0 Å². The Morgan fingerprint density at radius 3 is 2.95 bits per heavy atom. The van der Waals surface area contributed by atoms with Gasteiger partial charge >= 0.3 is 5.97 Å². The normalized spacial score (nSPS) is 13.8. The van der Waals surface area contributed by atoms with Crippen LogP contribution in [-0.4, -0.2) is 40.2 Å². The number of ether oxygens (including phenoxy) is 1. The zero-order valence-corrected chi connectivity index (χ0v) is 13.4. The van der Waals surface area contributed by atoms with E-state index in [0.29, 0.717) is 31.6 Å². The summed E-state index contributed by atoms with van der Waals surface area (Å²) in [7, 11) is 3.14. The molecular formula is C15H17N3O3S. The Labute approximate surface area is 132 Å². The molecule has 0 spiro atoms. The van der Waals surface area contributed by atoms with Crippen LogP contribution in [0.1, 0.15) is 26.6 Å². The molecule has 3 heterocycles. The van der Waals surface area contributed by atoms with E-state index in [1.54, 1.807) is 23.1 Å². The minimum Gasteiger partial charge on any atom is -0.464 e. The molecular weight excluding hydrogens is 302 g/mol. The summed E-state index contributed by atoms with van der Waals surface area (Å²) in [6.07, 6.45) is 1.05. The molecule has 22 heavy (non-hydrogen) atoms. The van der Waals surface area contributed by atoms with E-state index in [0.717, 1.165) is 16.1 Å². The van der Waals surface area contributed by atoms with Gasteiger partial charge in [-0.25, -0.2) is 4.79 Å². The third-order valence-corrected chi connectivity index (χ3v) is 4.76. The van der Waals surface area contributed by atoms with E-state index in [9.17, 15) is 9.59 Å². The first-order chi connectivity index (χ1) is 10.6. The summed E-state index contributed by atoms with van der Waals surface area (Å²) >= 11 is 1.59. The molecule has 0 saturated heterocycles. The highest BCUT2D eigenvalue weighted by atomic mass is 32.1. The van der Waals surface area contributed by atoms with Gasteiger partial charge in [0.25, 0.3) is 0 Å². The lowest BCUT2D eigenvalue weighted by molar-refractivity contribution is -0.131. The molecule has 0 atom stereocenters. The van der Waals surface area contributed by atoms with Crippen molar-refractivity contribution >= 4 is 23.2 Å². The van der Waals surface area contributed by atoms with Crippen molar-refractivity contribution in [3.63, 3.8) is 0 Å². The lowest BCUT2D eigenvalue weighted by atomic mass is 10.0. The second kappa shape index (κ2) is 5.92. The lowest BCUT2D eigenvalue weighted by Crippen LogP contribution is -2.37. The van der Waals surface area contributed by atoms with Crippen molar-refractivity contribution in [2.45, 2.75) is 19.4 Å². The number of fused-ring (bicyclic) bond motifs is 1. The molecule has 1 amide bonds. The van der Waals surface area contributed by atoms with E-state index in [2.05, 4.69) is 5.10 Å². The topological polar surface area (TPSA) is 64.4 Å². The van der Waals surface area contributed by atoms with Crippen LogP contribution in [0.2, 0.25) is 0 Å². The Kier molecular flexibility index (Phi) is 3.98. The van der Waals surface area contributed by atoms with Gasteiger partial charge in [-0.1, -0.05) is 6.07 Å². The highest BCUT2D eigenvalue weighted by molar-refractivity contribution is 7.10. The standard InChI is InChI=1S/C15H17N3O3S/c1-17-12-9-18(13(19)8-10-4-3-7-22-10)6-5-11(12)14(16-17)15(20)21-2/h3-4,7H,5-6,8-9H2,1-2H3. The third-order valence-electron chi connectivity index (χ3n) is 3.88. The Hall–Kier alpha value is -2.15. The summed E-state index contributed by atoms with van der Waals surface area (Å²) in [6, 6.07) is 3.92. The van der Waals surface area contributed by atoms with Gasteiger partial charge in [-0.15, -0.1) is 11.3 Å². The Morgan fingerprint density at radius 2 is 2.27 bits per heavy atom. The second-order valence-electron chi connectivity index (χ2n) is 5.21. The summed E-state index contributed by atoms with van der Waals surface area (Å²) in [5.41, 5.74) is 2.17. The van der Waals surface area contributed by atoms with Gasteiger partial charge in [0, 0.05) is 24.0 Å². The van der Waals surface area contributed by atoms with Crippen molar-refractivity contribution in [1.29, 1.82) is 0 Å². The van der Waals surface area contributed by atoms with Gasteiger partial charge in [-0.05, 0) is 17.9 Å². The Morgan fingerprint density at radius 1 is 1.45 bits per heavy atom. The van der Waals surface area contributed by atoms with Crippen LogP contribution in [0.3, 0.4) is 0 Å². The maximum atomic E-state index is 12.4. The van der Waals surface area contributed by atoms with Crippen molar-refractivity contribution in [2.24, 2.45) is 7.05 Å². The molecule has 1 aliphatic heterocycles. The van der Waals surface area contributed by atoms with E-state index in [4.69, 9.17) is 4.74 Å². The number of esters is 1. The van der Waals surface area contributed by atoms with Crippen LogP contribution in [0.25, 0.3) is 0 Å². The number of aromatic nitrogens is 2. The molecule has 0 aromatic carbocycles. The van der Waals surface area contributed by atoms with Crippen molar-refractivity contribution in [3.8, 4) is 0 Å². The van der Waals surface area contributed by atoms with Crippen LogP contribution in [0, 0.1) is 0 Å². The number of thiophene rings is 1. The summed E-state index contributed by atoms with van der Waals surface area (Å²) in [5, 5.41) is 6.21. The fourth-order valence-electron chi connectivity index (χ4n) is 2.72. The average Bonchev–Trinajstić information content (AvgIpc) is 3.14. The fraction of sp³-hybridized carbons (Fsp3) is 0.400. The maximum absolute atomic E-state index is 12.4. The number of aryl methyl sites for hydroxylation is 1. The molecule has 0 saturated carbocycles. The highest BCUT2D eigenvalue weighted by Gasteiger charge is 2.29. The largest absolute Gasteiger partial charge is 0.464 e. The predicted octanol–water partition coefficient (Wildman–Crippen LogP) is 1.40. The van der Waals surface area contributed by atoms with Crippen LogP contribution < -0.4 is 0 Å². The number of amides is 1. The molecule has 0 N–H and O–H groups in total. The van der Waals surface area contributed by atoms with Gasteiger partial charge in [0.05, 0.1) is 25.8 Å². The summed E-state index contributed by atoms with van der Waals surface area (Å²) < 4.78 is 6.44. The zero-order chi connectivity index (χ0) is 15.7. The summed E-state index contributed by atoms with van der Waals surface area (Å²) in [5.74, 6) is -0.316. The van der Waals surface area contributed by atoms with Gasteiger partial charge in [0.15, 0.2) is 5.69 Å². The van der Waals surface area contributed by atoms with E-state index in [1.165, 1.54) is 7.11 Å². The smallest absolute Gasteiger partial charge is 0.358 e. The number of methoxy groups -OCH3 is 1. The molecule has 6 nitrogen and oxygen atoms in total. The lowest BCUT2D eigenvalue weighted by Gasteiger charge is -2.27. The molecule has 2 aromatic rings. The molecule has 0 unspecified atom stereocenters. The maximum Gasteiger partial charge on any atom is 0.358 e. The SMILES string of the molecule is COC(=O)c1nn(C)c2c1CCN(C(=O)Cc1cccs1)C2. The molecule has 0 radical (unpaired) electrons. The van der Waals surface area contributed by atoms with Crippen LogP contribution in [0.4, 0.5) is 0 Å². The first kappa shape index (κ1) is 14.8. The van der Waals surface area contributed by atoms with Crippen molar-refractivity contribution in [1.82, 2.24) is 14.7 Å². The van der Waals surface area contributed by atoms with E-state index in [1.807, 2.05) is 22.4 Å². The van der Waals surface area contributed by atoms with Crippen LogP contribution >= 0.6 is 11.3 Å². The monoisotopic (exact) mass is 319 g/mol. The first-order valence-electron chi connectivity index (χ1n) is 7.03. The van der Waals surface area contributed by atoms with Crippen molar-refractivity contribution < 1.29 is 14.3 Å².